The Morgan fingerprint density at radius 3 is 1.91 bits per heavy atom. The van der Waals surface area contributed by atoms with Gasteiger partial charge in [0.05, 0.1) is 25.9 Å². The number of hydrogen-bond donors (Lipinski definition) is 9. The number of anilines is 2. The van der Waals surface area contributed by atoms with Crippen LogP contribution in [-0.2, 0) is 55.8 Å². The van der Waals surface area contributed by atoms with Crippen LogP contribution in [0.5, 0.6) is 0 Å². The number of primary amides is 1. The van der Waals surface area contributed by atoms with E-state index >= 15 is 8.78 Å². The molecule has 4 aromatic rings. The number of nitrogens with one attached hydrogen (secondary N) is 5. The van der Waals surface area contributed by atoms with Crippen molar-refractivity contribution in [3.63, 3.8) is 0 Å². The van der Waals surface area contributed by atoms with Crippen molar-refractivity contribution < 1.29 is 74.2 Å². The number of thiol groups is 2. The third-order valence-corrected chi connectivity index (χ3v) is 14.7. The molecule has 0 bridgehead atoms. The molecule has 29 nitrogen and oxygen atoms in total. The van der Waals surface area contributed by atoms with E-state index in [0.717, 1.165) is 23.5 Å². The number of ether oxygens (including phenoxy) is 3. The van der Waals surface area contributed by atoms with Gasteiger partial charge in [0.2, 0.25) is 17.7 Å². The Bertz CT molecular complexity index is 2850. The van der Waals surface area contributed by atoms with E-state index in [-0.39, 0.29) is 72.7 Å². The highest BCUT2D eigenvalue weighted by Crippen LogP contribution is 2.60. The predicted molar refractivity (Wildman–Crippen MR) is 265 cm³/mol. The molecule has 0 aromatic carbocycles. The molecule has 0 saturated carbocycles. The number of carbonyl (C=O) groups is 5. The first-order valence-corrected chi connectivity index (χ1v) is 28.6. The fourth-order valence-corrected chi connectivity index (χ4v) is 11.0. The molecule has 3 aliphatic heterocycles. The number of fused-ring (bicyclic) bond motifs is 4. The minimum atomic E-state index is -4.56. The number of hydrogen-bond acceptors (Lipinski definition) is 21. The Morgan fingerprint density at radius 2 is 1.35 bits per heavy atom. The van der Waals surface area contributed by atoms with Gasteiger partial charge in [-0.3, -0.25) is 41.6 Å². The molecule has 6 amide bonds. The second-order valence-electron chi connectivity index (χ2n) is 18.6. The first-order chi connectivity index (χ1) is 35.3. The SMILES string of the molecule is CC(C)[C@H](NC(=O)OC(C)(C)C)C(=O)N[C@@H](CCCNC(N)=O)C(=O)NCCCC(=O)Nc1ncnc2c1ncn2[C@@H]1O[C@@H]2CO[P@@](=O)(S)OC3[C@@H](F)[C@H](n4cnc5c(N)ncnc54)O[C@@H]3CO[P@@](=O)(S)OC2[C@H]1F. The number of nitrogen functional groups attached to an aromatic ring is 1. The van der Waals surface area contributed by atoms with Gasteiger partial charge in [0, 0.05) is 19.5 Å². The van der Waals surface area contributed by atoms with Gasteiger partial charge in [0.15, 0.2) is 53.2 Å². The molecule has 7 rings (SSSR count). The quantitative estimate of drug-likeness (QED) is 0.0442. The molecule has 75 heavy (non-hydrogen) atoms. The molecular weight excluding hydrogens is 1080 g/mol. The van der Waals surface area contributed by atoms with Crippen molar-refractivity contribution in [3.05, 3.63) is 25.3 Å². The average Bonchev–Trinajstić information content (AvgIpc) is 4.10. The lowest BCUT2D eigenvalue weighted by molar-refractivity contribution is -0.130. The minimum Gasteiger partial charge on any atom is -0.444 e. The molecule has 7 heterocycles. The summed E-state index contributed by atoms with van der Waals surface area (Å²) in [5.41, 5.74) is 10.4. The number of amides is 6. The van der Waals surface area contributed by atoms with Gasteiger partial charge >= 0.3 is 25.7 Å². The summed E-state index contributed by atoms with van der Waals surface area (Å²) >= 11 is 8.09. The fraction of sp³-hybridized carbons (Fsp3) is 0.625. The number of aromatic nitrogens is 8. The number of alkyl halides is 2. The lowest BCUT2D eigenvalue weighted by Crippen LogP contribution is -2.56. The lowest BCUT2D eigenvalue weighted by Gasteiger charge is -2.28. The maximum atomic E-state index is 16.6. The lowest BCUT2D eigenvalue weighted by atomic mass is 10.0. The first-order valence-electron chi connectivity index (χ1n) is 23.2. The van der Waals surface area contributed by atoms with Gasteiger partial charge in [-0.25, -0.2) is 57.4 Å². The number of urea groups is 1. The van der Waals surface area contributed by atoms with Crippen LogP contribution in [0.15, 0.2) is 25.3 Å². The van der Waals surface area contributed by atoms with E-state index in [1.807, 2.05) is 0 Å². The Morgan fingerprint density at radius 1 is 0.800 bits per heavy atom. The zero-order valence-corrected chi connectivity index (χ0v) is 44.4. The summed E-state index contributed by atoms with van der Waals surface area (Å²) in [6.07, 6.45) is -9.94. The monoisotopic (exact) mass is 1140 g/mol. The summed E-state index contributed by atoms with van der Waals surface area (Å²) in [5, 5.41) is 12.9. The Balaban J connectivity index is 0.965. The van der Waals surface area contributed by atoms with Crippen molar-refractivity contribution in [2.45, 2.75) is 127 Å². The summed E-state index contributed by atoms with van der Waals surface area (Å²) in [4.78, 5) is 88.3. The van der Waals surface area contributed by atoms with Crippen molar-refractivity contribution >= 4 is 102 Å². The molecule has 9 N–H and O–H groups in total. The molecule has 12 atom stereocenters. The van der Waals surface area contributed by atoms with Crippen LogP contribution in [-0.4, -0.2) is 150 Å². The molecule has 3 aliphatic rings. The molecule has 0 radical (unpaired) electrons. The van der Waals surface area contributed by atoms with Crippen molar-refractivity contribution in [3.8, 4) is 0 Å². The smallest absolute Gasteiger partial charge is 0.408 e. The number of halogens is 2. The Kier molecular flexibility index (Phi) is 18.3. The van der Waals surface area contributed by atoms with Gasteiger partial charge in [0.25, 0.3) is 0 Å². The summed E-state index contributed by atoms with van der Waals surface area (Å²) in [7, 11) is 0. The third-order valence-electron chi connectivity index (χ3n) is 11.5. The number of rotatable bonds is 16. The van der Waals surface area contributed by atoms with E-state index in [1.165, 1.54) is 10.9 Å². The Hall–Kier alpha value is -5.37. The van der Waals surface area contributed by atoms with E-state index in [9.17, 15) is 33.1 Å². The molecular formula is C40H57F2N15O14P2S2. The van der Waals surface area contributed by atoms with Crippen LogP contribution in [0.3, 0.4) is 0 Å². The molecule has 412 valence electrons. The van der Waals surface area contributed by atoms with Gasteiger partial charge < -0.3 is 52.3 Å². The third kappa shape index (κ3) is 14.4. The van der Waals surface area contributed by atoms with Crippen molar-refractivity contribution in [2.75, 3.05) is 37.4 Å². The van der Waals surface area contributed by atoms with Crippen molar-refractivity contribution in [1.29, 1.82) is 0 Å². The topological polar surface area (TPSA) is 383 Å². The van der Waals surface area contributed by atoms with Crippen LogP contribution in [0.2, 0.25) is 0 Å². The average molecular weight is 1140 g/mol. The maximum absolute atomic E-state index is 16.6. The van der Waals surface area contributed by atoms with Crippen LogP contribution in [0.4, 0.5) is 30.0 Å². The minimum absolute atomic E-state index is 0.00929. The molecule has 3 fully saturated rings. The molecule has 4 aromatic heterocycles. The molecule has 35 heteroatoms. The molecule has 0 aliphatic carbocycles. The molecule has 0 spiro atoms. The first kappa shape index (κ1) is 57.3. The highest BCUT2D eigenvalue weighted by Gasteiger charge is 2.54. The van der Waals surface area contributed by atoms with E-state index in [1.54, 1.807) is 34.6 Å². The van der Waals surface area contributed by atoms with Gasteiger partial charge in [-0.1, -0.05) is 38.3 Å². The second-order valence-corrected chi connectivity index (χ2v) is 24.4. The number of nitrogens with zero attached hydrogens (tertiary/aromatic N) is 8. The summed E-state index contributed by atoms with van der Waals surface area (Å²) in [6.45, 7) is -2.12. The highest BCUT2D eigenvalue weighted by atomic mass is 32.7. The largest absolute Gasteiger partial charge is 0.444 e. The van der Waals surface area contributed by atoms with Gasteiger partial charge in [-0.2, -0.15) is 0 Å². The number of imidazole rings is 2. The summed E-state index contributed by atoms with van der Waals surface area (Å²) in [5.74, 6) is -2.30. The molecule has 3 saturated heterocycles. The van der Waals surface area contributed by atoms with Crippen LogP contribution in [0.1, 0.15) is 72.8 Å². The van der Waals surface area contributed by atoms with Gasteiger partial charge in [0.1, 0.15) is 60.3 Å². The van der Waals surface area contributed by atoms with Crippen LogP contribution in [0, 0.1) is 5.92 Å². The summed E-state index contributed by atoms with van der Waals surface area (Å²) in [6, 6.07) is -2.95. The Labute approximate surface area is 436 Å². The van der Waals surface area contributed by atoms with Crippen molar-refractivity contribution in [2.24, 2.45) is 11.7 Å². The van der Waals surface area contributed by atoms with E-state index in [2.05, 4.69) is 81.0 Å². The van der Waals surface area contributed by atoms with Gasteiger partial charge in [-0.05, 0) is 46.0 Å². The maximum Gasteiger partial charge on any atom is 0.408 e. The normalized spacial score (nSPS) is 28.0. The van der Waals surface area contributed by atoms with Crippen LogP contribution >= 0.6 is 38.1 Å². The number of carbonyl (C=O) groups excluding carboxylic acids is 5. The number of nitrogens with two attached hydrogens (primary N) is 2. The predicted octanol–water partition coefficient (Wildman–Crippen LogP) is 2.93. The van der Waals surface area contributed by atoms with Gasteiger partial charge in [-0.15, -0.1) is 0 Å². The highest BCUT2D eigenvalue weighted by molar-refractivity contribution is 8.44. The second kappa shape index (κ2) is 23.9. The standard InChI is InChI=1S/C40H57F2N15O14P2S2/c1-18(2)25(55-39(62)69-40(3,4)5)35(60)53-19(8-6-11-46-38(44)61)34(59)45-10-7-9-22(58)54-31-27-33(50-15-48-31)57(17-52-27)37-24(42)29-21(68-37)13-66-72(63,74)70-28-20(12-65-73(64,75)71-29)67-36(23(28)41)56-16-51-26-30(43)47-14-49-32(26)56/h14-21,23-25,28-29,36-37H,6-13H2,1-5H3,(H,45,59)(H,53,60)(H,55,62)(H,63,74)(H,64,75)(H2,43,47,49)(H3,44,46,61)(H,48,50,54,58)/t19-,20+,21+,23+,24+,25-,28?,29?,36+,37+,72+,73+/m0/s1. The summed E-state index contributed by atoms with van der Waals surface area (Å²) < 4.78 is 102. The zero-order chi connectivity index (χ0) is 54.6. The zero-order valence-electron chi connectivity index (χ0n) is 40.8. The van der Waals surface area contributed by atoms with Crippen molar-refractivity contribution in [1.82, 2.24) is 60.3 Å². The molecule has 2 unspecified atom stereocenters. The van der Waals surface area contributed by atoms with E-state index in [0.29, 0.717) is 0 Å². The number of alkyl carbamates (subject to hydrolysis) is 1. The van der Waals surface area contributed by atoms with Crippen LogP contribution in [0.25, 0.3) is 22.3 Å². The van der Waals surface area contributed by atoms with Crippen LogP contribution < -0.4 is 38.1 Å². The van der Waals surface area contributed by atoms with E-state index < -0.39 is 129 Å². The van der Waals surface area contributed by atoms with E-state index in [4.69, 9.17) is 43.8 Å². The fourth-order valence-electron chi connectivity index (χ4n) is 8.04.